The van der Waals surface area contributed by atoms with Crippen LogP contribution in [0.1, 0.15) is 11.1 Å². The lowest BCUT2D eigenvalue weighted by Crippen LogP contribution is -2.12. The second kappa shape index (κ2) is 19.3. The molecule has 4 nitrogen and oxygen atoms in total. The fraction of sp³-hybridized carbons (Fsp3) is 0.182. The van der Waals surface area contributed by atoms with Crippen molar-refractivity contribution in [2.24, 2.45) is 0 Å². The Kier molecular flexibility index (Phi) is 18.5. The number of benzene rings is 2. The molecule has 0 aromatic heterocycles. The molecule has 0 aliphatic heterocycles. The molecule has 2 aromatic rings. The molecule has 0 bridgehead atoms. The molecule has 0 radical (unpaired) electrons. The number of carboxylic acid groups (broad SMARTS) is 1. The molecule has 0 aliphatic rings. The number of hydrogen-bond donors (Lipinski definition) is 1. The third-order valence-corrected chi connectivity index (χ3v) is 6.32. The molecule has 0 fully saturated rings. The van der Waals surface area contributed by atoms with Crippen LogP contribution in [0.2, 0.25) is 0 Å². The van der Waals surface area contributed by atoms with E-state index in [-0.39, 0.29) is 10.5 Å². The monoisotopic (exact) mass is 552 g/mol. The van der Waals surface area contributed by atoms with Crippen LogP contribution in [0.3, 0.4) is 0 Å². The van der Waals surface area contributed by atoms with Crippen LogP contribution in [0.4, 0.5) is 0 Å². The van der Waals surface area contributed by atoms with Crippen LogP contribution in [-0.2, 0) is 30.3 Å². The first-order valence-corrected chi connectivity index (χ1v) is 14.2. The van der Waals surface area contributed by atoms with Gasteiger partial charge in [0.25, 0.3) is 0 Å². The van der Waals surface area contributed by atoms with E-state index in [2.05, 4.69) is 34.5 Å². The van der Waals surface area contributed by atoms with Crippen molar-refractivity contribution < 1.29 is 18.9 Å². The highest BCUT2D eigenvalue weighted by Crippen LogP contribution is 2.20. The minimum absolute atomic E-state index is 0.308. The Hall–Kier alpha value is -1.22. The summed E-state index contributed by atoms with van der Waals surface area (Å²) < 4.78 is 9.09. The first kappa shape index (κ1) is 30.8. The van der Waals surface area contributed by atoms with Crippen molar-refractivity contribution in [3.63, 3.8) is 0 Å². The Bertz CT molecular complexity index is 783. The lowest BCUT2D eigenvalue weighted by atomic mass is 10.2. The number of halogens is 3. The number of carbonyl (C=O) groups is 2. The molecule has 174 valence electrons. The molecular weight excluding hydrogens is 531 g/mol. The van der Waals surface area contributed by atoms with Gasteiger partial charge in [-0.1, -0.05) is 72.8 Å². The summed E-state index contributed by atoms with van der Waals surface area (Å²) >= 11 is 8.23. The molecular formula is C22H23Cl3O4S3. The van der Waals surface area contributed by atoms with Crippen molar-refractivity contribution in [2.75, 3.05) is 0 Å². The van der Waals surface area contributed by atoms with Crippen LogP contribution in [0.15, 0.2) is 86.0 Å². The van der Waals surface area contributed by atoms with Gasteiger partial charge in [-0.3, -0.25) is 9.59 Å². The molecule has 0 heterocycles. The van der Waals surface area contributed by atoms with Crippen LogP contribution < -0.4 is 0 Å². The van der Waals surface area contributed by atoms with Crippen LogP contribution in [-0.4, -0.2) is 31.0 Å². The average Bonchev–Trinajstić information content (AvgIpc) is 2.76. The summed E-state index contributed by atoms with van der Waals surface area (Å²) in [5.41, 5.74) is 2.31. The van der Waals surface area contributed by atoms with E-state index in [9.17, 15) is 9.59 Å². The van der Waals surface area contributed by atoms with E-state index < -0.39 is 20.4 Å². The van der Waals surface area contributed by atoms with Crippen LogP contribution in [0.5, 0.6) is 0 Å². The summed E-state index contributed by atoms with van der Waals surface area (Å²) in [6.45, 7) is 7.06. The largest absolute Gasteiger partial charge is 0.480 e. The van der Waals surface area contributed by atoms with Gasteiger partial charge in [-0.2, -0.15) is 0 Å². The van der Waals surface area contributed by atoms with E-state index in [1.807, 2.05) is 60.7 Å². The lowest BCUT2D eigenvalue weighted by molar-refractivity contribution is -0.135. The van der Waals surface area contributed by atoms with Gasteiger partial charge in [0.05, 0.1) is 5.25 Å². The highest BCUT2D eigenvalue weighted by Gasteiger charge is 2.13. The number of aliphatic carboxylic acids is 1. The minimum atomic E-state index is -1.67. The molecule has 2 atom stereocenters. The first-order chi connectivity index (χ1) is 15.2. The Morgan fingerprint density at radius 1 is 0.875 bits per heavy atom. The maximum atomic E-state index is 10.9. The quantitative estimate of drug-likeness (QED) is 0.256. The molecule has 32 heavy (non-hydrogen) atoms. The zero-order valence-corrected chi connectivity index (χ0v) is 21.7. The SMILES string of the molecule is C=CC(SCc1ccccc1)C(=O)Cl.C=CC(SCc1ccccc1)C(=O)O.O=S(Cl)Cl. The third kappa shape index (κ3) is 16.4. The molecule has 0 spiro atoms. The van der Waals surface area contributed by atoms with E-state index in [4.69, 9.17) is 20.9 Å². The highest BCUT2D eigenvalue weighted by molar-refractivity contribution is 8.26. The van der Waals surface area contributed by atoms with Crippen molar-refractivity contribution in [2.45, 2.75) is 22.0 Å². The van der Waals surface area contributed by atoms with Crippen LogP contribution in [0.25, 0.3) is 0 Å². The Labute approximate surface area is 213 Å². The van der Waals surface area contributed by atoms with Gasteiger partial charge >= 0.3 is 5.97 Å². The predicted molar refractivity (Wildman–Crippen MR) is 142 cm³/mol. The van der Waals surface area contributed by atoms with Gasteiger partial charge in [-0.15, -0.1) is 36.7 Å². The van der Waals surface area contributed by atoms with E-state index in [1.54, 1.807) is 6.08 Å². The number of thioether (sulfide) groups is 2. The summed E-state index contributed by atoms with van der Waals surface area (Å²) in [6.07, 6.45) is 3.03. The molecule has 0 amide bonds. The molecule has 0 aliphatic carbocycles. The topological polar surface area (TPSA) is 71.4 Å². The van der Waals surface area contributed by atoms with Crippen LogP contribution in [0, 0.1) is 0 Å². The van der Waals surface area contributed by atoms with Gasteiger partial charge in [0, 0.05) is 32.9 Å². The maximum absolute atomic E-state index is 10.9. The van der Waals surface area contributed by atoms with Crippen molar-refractivity contribution in [1.29, 1.82) is 0 Å². The zero-order valence-electron chi connectivity index (χ0n) is 16.9. The number of carboxylic acids is 1. The molecule has 2 unspecified atom stereocenters. The summed E-state index contributed by atoms with van der Waals surface area (Å²) in [5, 5.41) is 7.57. The summed E-state index contributed by atoms with van der Waals surface area (Å²) in [4.78, 5) is 21.5. The number of rotatable bonds is 10. The second-order valence-electron chi connectivity index (χ2n) is 5.73. The van der Waals surface area contributed by atoms with Crippen molar-refractivity contribution in [1.82, 2.24) is 0 Å². The number of carbonyl (C=O) groups excluding carboxylic acids is 1. The molecule has 2 aromatic carbocycles. The van der Waals surface area contributed by atoms with Crippen LogP contribution >= 0.6 is 56.5 Å². The predicted octanol–water partition coefficient (Wildman–Crippen LogP) is 6.84. The van der Waals surface area contributed by atoms with E-state index in [1.165, 1.54) is 35.2 Å². The van der Waals surface area contributed by atoms with Crippen molar-refractivity contribution >= 4 is 76.9 Å². The van der Waals surface area contributed by atoms with E-state index >= 15 is 0 Å². The fourth-order valence-electron chi connectivity index (χ4n) is 1.99. The van der Waals surface area contributed by atoms with E-state index in [0.29, 0.717) is 5.75 Å². The summed E-state index contributed by atoms with van der Waals surface area (Å²) in [7, 11) is 7.36. The Morgan fingerprint density at radius 3 is 1.50 bits per heavy atom. The molecule has 10 heteroatoms. The standard InChI is InChI=1S/C11H11ClOS.C11H12O2S.Cl2OS/c2*1-2-10(11(12)13)14-8-9-6-4-3-5-7-9;1-4(2)3/h2-7,10H,1,8H2;2-7,10H,1,8H2,(H,12,13);. The van der Waals surface area contributed by atoms with Gasteiger partial charge in [0.2, 0.25) is 14.5 Å². The van der Waals surface area contributed by atoms with Gasteiger partial charge in [-0.25, -0.2) is 4.21 Å². The molecule has 2 rings (SSSR count). The van der Waals surface area contributed by atoms with Gasteiger partial charge < -0.3 is 5.11 Å². The van der Waals surface area contributed by atoms with Gasteiger partial charge in [0.1, 0.15) is 5.25 Å². The number of hydrogen-bond acceptors (Lipinski definition) is 5. The third-order valence-electron chi connectivity index (χ3n) is 3.44. The molecule has 0 saturated heterocycles. The summed E-state index contributed by atoms with van der Waals surface area (Å²) in [6, 6.07) is 19.7. The average molecular weight is 554 g/mol. The van der Waals surface area contributed by atoms with Gasteiger partial charge in [-0.05, 0) is 22.7 Å². The smallest absolute Gasteiger partial charge is 0.320 e. The van der Waals surface area contributed by atoms with Gasteiger partial charge in [0.15, 0.2) is 0 Å². The first-order valence-electron chi connectivity index (χ1n) is 8.93. The second-order valence-corrected chi connectivity index (χ2v) is 10.9. The summed E-state index contributed by atoms with van der Waals surface area (Å²) in [5.74, 6) is 0.640. The van der Waals surface area contributed by atoms with Crippen molar-refractivity contribution in [3.8, 4) is 0 Å². The zero-order chi connectivity index (χ0) is 24.4. The lowest BCUT2D eigenvalue weighted by Gasteiger charge is -2.06. The minimum Gasteiger partial charge on any atom is -0.480 e. The maximum Gasteiger partial charge on any atom is 0.320 e. The Morgan fingerprint density at radius 2 is 1.22 bits per heavy atom. The molecule has 1 N–H and O–H groups in total. The fourth-order valence-corrected chi connectivity index (χ4v) is 3.94. The molecule has 0 saturated carbocycles. The Balaban J connectivity index is 0.000000515. The highest BCUT2D eigenvalue weighted by atomic mass is 36.0. The normalized spacial score (nSPS) is 11.6. The van der Waals surface area contributed by atoms with E-state index in [0.717, 1.165) is 11.3 Å². The van der Waals surface area contributed by atoms with Crippen molar-refractivity contribution in [3.05, 3.63) is 97.1 Å².